The Balaban J connectivity index is 2.01. The van der Waals surface area contributed by atoms with Gasteiger partial charge in [-0.1, -0.05) is 6.92 Å². The highest BCUT2D eigenvalue weighted by atomic mass is 16.6. The number of nitro groups is 1. The fraction of sp³-hybridized carbons (Fsp3) is 0.529. The molecule has 1 heterocycles. The van der Waals surface area contributed by atoms with Crippen LogP contribution in [0.2, 0.25) is 0 Å². The van der Waals surface area contributed by atoms with E-state index < -0.39 is 4.92 Å². The monoisotopic (exact) mass is 348 g/mol. The first-order valence-electron chi connectivity index (χ1n) is 8.45. The molecule has 1 aliphatic rings. The standard InChI is InChI=1S/C17H24N4O4/c1-3-6-18-17(23)12-19-7-9-20(10-8-19)15-5-4-14(13(2)22)11-16(15)21(24)25/h4-5,11H,3,6-10,12H2,1-2H3,(H,18,23). The quantitative estimate of drug-likeness (QED) is 0.455. The Bertz CT molecular complexity index is 654. The lowest BCUT2D eigenvalue weighted by Crippen LogP contribution is -2.49. The van der Waals surface area contributed by atoms with Gasteiger partial charge in [0.1, 0.15) is 5.69 Å². The van der Waals surface area contributed by atoms with E-state index in [0.717, 1.165) is 6.42 Å². The molecule has 8 heteroatoms. The lowest BCUT2D eigenvalue weighted by Gasteiger charge is -2.35. The summed E-state index contributed by atoms with van der Waals surface area (Å²) in [6.07, 6.45) is 0.902. The van der Waals surface area contributed by atoms with Gasteiger partial charge in [0.25, 0.3) is 5.69 Å². The number of ketones is 1. The van der Waals surface area contributed by atoms with Gasteiger partial charge in [-0.2, -0.15) is 0 Å². The van der Waals surface area contributed by atoms with E-state index in [9.17, 15) is 19.7 Å². The van der Waals surface area contributed by atoms with Crippen molar-refractivity contribution in [1.29, 1.82) is 0 Å². The lowest BCUT2D eigenvalue weighted by molar-refractivity contribution is -0.384. The van der Waals surface area contributed by atoms with Crippen LogP contribution in [-0.4, -0.2) is 60.8 Å². The second-order valence-corrected chi connectivity index (χ2v) is 6.13. The highest BCUT2D eigenvalue weighted by Crippen LogP contribution is 2.30. The highest BCUT2D eigenvalue weighted by Gasteiger charge is 2.25. The SMILES string of the molecule is CCCNC(=O)CN1CCN(c2ccc(C(C)=O)cc2[N+](=O)[O-])CC1. The molecule has 0 aliphatic carbocycles. The minimum absolute atomic E-state index is 0.00657. The van der Waals surface area contributed by atoms with Crippen molar-refractivity contribution in [2.75, 3.05) is 44.2 Å². The number of carbonyl (C=O) groups is 2. The number of nitrogens with zero attached hydrogens (tertiary/aromatic N) is 3. The molecule has 2 rings (SSSR count). The molecule has 0 spiro atoms. The number of hydrogen-bond donors (Lipinski definition) is 1. The third-order valence-electron chi connectivity index (χ3n) is 4.23. The average Bonchev–Trinajstić information content (AvgIpc) is 2.60. The maximum atomic E-state index is 11.8. The topological polar surface area (TPSA) is 95.8 Å². The predicted octanol–water partition coefficient (Wildman–Crippen LogP) is 1.45. The van der Waals surface area contributed by atoms with E-state index >= 15 is 0 Å². The van der Waals surface area contributed by atoms with Gasteiger partial charge in [0.2, 0.25) is 5.91 Å². The number of anilines is 1. The Morgan fingerprint density at radius 1 is 1.24 bits per heavy atom. The molecule has 25 heavy (non-hydrogen) atoms. The van der Waals surface area contributed by atoms with Crippen molar-refractivity contribution in [1.82, 2.24) is 10.2 Å². The predicted molar refractivity (Wildman–Crippen MR) is 95.1 cm³/mol. The van der Waals surface area contributed by atoms with Crippen molar-refractivity contribution >= 4 is 23.1 Å². The molecule has 0 radical (unpaired) electrons. The molecule has 1 saturated heterocycles. The first-order chi connectivity index (χ1) is 11.9. The smallest absolute Gasteiger partial charge is 0.293 e. The number of piperazine rings is 1. The number of rotatable bonds is 7. The van der Waals surface area contributed by atoms with Gasteiger partial charge in [-0.3, -0.25) is 24.6 Å². The Kier molecular flexibility index (Phi) is 6.46. The van der Waals surface area contributed by atoms with Crippen LogP contribution >= 0.6 is 0 Å². The molecular weight excluding hydrogens is 324 g/mol. The molecule has 1 aromatic rings. The van der Waals surface area contributed by atoms with E-state index in [0.29, 0.717) is 50.5 Å². The molecule has 0 unspecified atom stereocenters. The molecule has 0 atom stereocenters. The van der Waals surface area contributed by atoms with Crippen LogP contribution in [0.4, 0.5) is 11.4 Å². The summed E-state index contributed by atoms with van der Waals surface area (Å²) in [5.74, 6) is -0.190. The lowest BCUT2D eigenvalue weighted by atomic mass is 10.1. The van der Waals surface area contributed by atoms with Gasteiger partial charge < -0.3 is 10.2 Å². The van der Waals surface area contributed by atoms with Crippen LogP contribution in [0.5, 0.6) is 0 Å². The minimum Gasteiger partial charge on any atom is -0.363 e. The summed E-state index contributed by atoms with van der Waals surface area (Å²) in [6.45, 7) is 6.93. The zero-order chi connectivity index (χ0) is 18.4. The van der Waals surface area contributed by atoms with E-state index in [-0.39, 0.29) is 17.4 Å². The number of nitro benzene ring substituents is 1. The van der Waals surface area contributed by atoms with E-state index in [1.165, 1.54) is 13.0 Å². The molecule has 1 aromatic carbocycles. The number of Topliss-reactive ketones (excluding diaryl/α,β-unsaturated/α-hetero) is 1. The van der Waals surface area contributed by atoms with Crippen LogP contribution in [0, 0.1) is 10.1 Å². The third-order valence-corrected chi connectivity index (χ3v) is 4.23. The average molecular weight is 348 g/mol. The van der Waals surface area contributed by atoms with Crippen LogP contribution in [0.1, 0.15) is 30.6 Å². The molecule has 1 aliphatic heterocycles. The minimum atomic E-state index is -0.452. The number of carbonyl (C=O) groups excluding carboxylic acids is 2. The van der Waals surface area contributed by atoms with Gasteiger partial charge in [0.15, 0.2) is 5.78 Å². The van der Waals surface area contributed by atoms with Crippen LogP contribution in [0.3, 0.4) is 0 Å². The molecule has 136 valence electrons. The Morgan fingerprint density at radius 2 is 1.92 bits per heavy atom. The summed E-state index contributed by atoms with van der Waals surface area (Å²) in [5, 5.41) is 14.2. The first kappa shape index (κ1) is 18.9. The zero-order valence-corrected chi connectivity index (χ0v) is 14.7. The number of hydrogen-bond acceptors (Lipinski definition) is 6. The van der Waals surface area contributed by atoms with Gasteiger partial charge >= 0.3 is 0 Å². The van der Waals surface area contributed by atoms with Crippen molar-refractivity contribution in [3.8, 4) is 0 Å². The Hall–Kier alpha value is -2.48. The Labute approximate surface area is 146 Å². The summed E-state index contributed by atoms with van der Waals surface area (Å²) in [4.78, 5) is 38.1. The van der Waals surface area contributed by atoms with Crippen molar-refractivity contribution in [2.45, 2.75) is 20.3 Å². The van der Waals surface area contributed by atoms with Crippen molar-refractivity contribution in [2.24, 2.45) is 0 Å². The van der Waals surface area contributed by atoms with E-state index in [4.69, 9.17) is 0 Å². The maximum absolute atomic E-state index is 11.8. The molecule has 0 bridgehead atoms. The molecule has 1 amide bonds. The van der Waals surface area contributed by atoms with E-state index in [1.807, 2.05) is 16.7 Å². The summed E-state index contributed by atoms with van der Waals surface area (Å²) in [5.41, 5.74) is 0.800. The van der Waals surface area contributed by atoms with Gasteiger partial charge in [-0.25, -0.2) is 0 Å². The van der Waals surface area contributed by atoms with Gasteiger partial charge in [0, 0.05) is 44.4 Å². The van der Waals surface area contributed by atoms with Crippen LogP contribution in [0.25, 0.3) is 0 Å². The van der Waals surface area contributed by atoms with E-state index in [1.54, 1.807) is 12.1 Å². The number of amides is 1. The number of nitrogens with one attached hydrogen (secondary N) is 1. The van der Waals surface area contributed by atoms with Crippen molar-refractivity contribution in [3.63, 3.8) is 0 Å². The normalized spacial score (nSPS) is 15.0. The Morgan fingerprint density at radius 3 is 2.48 bits per heavy atom. The summed E-state index contributed by atoms with van der Waals surface area (Å²) < 4.78 is 0. The molecule has 0 aromatic heterocycles. The van der Waals surface area contributed by atoms with Gasteiger partial charge in [-0.05, 0) is 25.5 Å². The van der Waals surface area contributed by atoms with Gasteiger partial charge in [-0.15, -0.1) is 0 Å². The molecular formula is C17H24N4O4. The summed E-state index contributed by atoms with van der Waals surface area (Å²) in [7, 11) is 0. The van der Waals surface area contributed by atoms with Gasteiger partial charge in [0.05, 0.1) is 11.5 Å². The molecule has 8 nitrogen and oxygen atoms in total. The fourth-order valence-electron chi connectivity index (χ4n) is 2.83. The first-order valence-corrected chi connectivity index (χ1v) is 8.45. The second kappa shape index (κ2) is 8.57. The molecule has 1 N–H and O–H groups in total. The maximum Gasteiger partial charge on any atom is 0.293 e. The summed E-state index contributed by atoms with van der Waals surface area (Å²) in [6, 6.07) is 4.59. The van der Waals surface area contributed by atoms with Crippen LogP contribution in [-0.2, 0) is 4.79 Å². The largest absolute Gasteiger partial charge is 0.363 e. The zero-order valence-electron chi connectivity index (χ0n) is 14.7. The van der Waals surface area contributed by atoms with Crippen LogP contribution < -0.4 is 10.2 Å². The van der Waals surface area contributed by atoms with E-state index in [2.05, 4.69) is 5.32 Å². The van der Waals surface area contributed by atoms with Crippen molar-refractivity contribution < 1.29 is 14.5 Å². The second-order valence-electron chi connectivity index (χ2n) is 6.13. The summed E-state index contributed by atoms with van der Waals surface area (Å²) >= 11 is 0. The van der Waals surface area contributed by atoms with Crippen molar-refractivity contribution in [3.05, 3.63) is 33.9 Å². The number of benzene rings is 1. The van der Waals surface area contributed by atoms with Crippen LogP contribution in [0.15, 0.2) is 18.2 Å². The highest BCUT2D eigenvalue weighted by molar-refractivity contribution is 5.95. The molecule has 1 fully saturated rings. The fourth-order valence-corrected chi connectivity index (χ4v) is 2.83. The third kappa shape index (κ3) is 4.99. The molecule has 0 saturated carbocycles.